The van der Waals surface area contributed by atoms with Crippen molar-refractivity contribution in [3.63, 3.8) is 0 Å². The molecule has 5 amide bonds. The molecular weight excluding hydrogens is 1560 g/mol. The van der Waals surface area contributed by atoms with Crippen LogP contribution in [0.2, 0.25) is 5.02 Å². The number of likely N-dealkylation sites (tertiary alicyclic amines) is 1. The van der Waals surface area contributed by atoms with Crippen molar-refractivity contribution in [2.75, 3.05) is 141 Å². The Balaban J connectivity index is 0.616. The molecule has 1 aliphatic carbocycles. The number of morpholine rings is 1. The van der Waals surface area contributed by atoms with E-state index in [0.29, 0.717) is 102 Å². The Morgan fingerprint density at radius 1 is 0.798 bits per heavy atom. The number of aliphatic hydroxyl groups is 1. The zero-order chi connectivity index (χ0) is 81.7. The number of ether oxygens (including phenoxy) is 1. The number of anilines is 2. The third-order valence-electron chi connectivity index (χ3n) is 22.3. The summed E-state index contributed by atoms with van der Waals surface area (Å²) in [5.74, 6) is -1.79. The minimum Gasteiger partial charge on any atom is -0.391 e. The van der Waals surface area contributed by atoms with Gasteiger partial charge in [-0.1, -0.05) is 99.5 Å². The summed E-state index contributed by atoms with van der Waals surface area (Å²) in [6.45, 7) is 23.6. The first-order valence-corrected chi connectivity index (χ1v) is 44.5. The molecule has 114 heavy (non-hydrogen) atoms. The number of halogens is 4. The molecule has 0 spiro atoms. The molecule has 31 heteroatoms. The van der Waals surface area contributed by atoms with E-state index in [1.54, 1.807) is 23.5 Å². The Hall–Kier alpha value is -7.49. The van der Waals surface area contributed by atoms with E-state index in [2.05, 4.69) is 71.5 Å². The highest BCUT2D eigenvalue weighted by Gasteiger charge is 2.49. The van der Waals surface area contributed by atoms with E-state index >= 15 is 0 Å². The van der Waals surface area contributed by atoms with Gasteiger partial charge >= 0.3 is 5.51 Å². The molecule has 0 radical (unpaired) electrons. The van der Waals surface area contributed by atoms with Crippen LogP contribution in [-0.2, 0) is 43.8 Å². The van der Waals surface area contributed by atoms with Gasteiger partial charge in [0.05, 0.1) is 52.0 Å². The number of nitrogens with one attached hydrogen (secondary N) is 4. The smallest absolute Gasteiger partial charge is 0.391 e. The predicted octanol–water partition coefficient (Wildman–Crippen LogP) is 11.3. The Morgan fingerprint density at radius 2 is 1.46 bits per heavy atom. The molecule has 5 heterocycles. The fraction of sp³-hybridized carbons (Fsp3) is 0.518. The van der Waals surface area contributed by atoms with Crippen LogP contribution in [0.3, 0.4) is 0 Å². The van der Waals surface area contributed by atoms with Crippen LogP contribution >= 0.6 is 34.7 Å². The predicted molar refractivity (Wildman–Crippen MR) is 442 cm³/mol. The van der Waals surface area contributed by atoms with Gasteiger partial charge in [0.15, 0.2) is 0 Å². The number of hydrogen-bond donors (Lipinski definition) is 5. The topological polar surface area (TPSA) is 267 Å². The van der Waals surface area contributed by atoms with E-state index in [-0.39, 0.29) is 54.1 Å². The number of amides is 5. The van der Waals surface area contributed by atoms with Crippen molar-refractivity contribution in [2.45, 2.75) is 150 Å². The van der Waals surface area contributed by atoms with Crippen LogP contribution in [0.25, 0.3) is 16.0 Å². The van der Waals surface area contributed by atoms with Crippen LogP contribution in [0.4, 0.5) is 24.5 Å². The van der Waals surface area contributed by atoms with Crippen molar-refractivity contribution in [3.8, 4) is 10.4 Å². The molecule has 4 fully saturated rings. The van der Waals surface area contributed by atoms with Gasteiger partial charge in [0.25, 0.3) is 25.8 Å². The van der Waals surface area contributed by atoms with Crippen molar-refractivity contribution in [2.24, 2.45) is 10.8 Å². The number of alkyl halides is 3. The number of sulfonamides is 1. The number of thioether (sulfide) groups is 1. The molecule has 1 unspecified atom stereocenters. The summed E-state index contributed by atoms with van der Waals surface area (Å²) in [4.78, 5) is 88.0. The highest BCUT2D eigenvalue weighted by atomic mass is 35.5. The normalized spacial score (nSPS) is 20.0. The van der Waals surface area contributed by atoms with Crippen LogP contribution in [0.15, 0.2) is 147 Å². The Bertz CT molecular complexity index is 4560. The van der Waals surface area contributed by atoms with Crippen molar-refractivity contribution < 1.29 is 63.8 Å². The maximum absolute atomic E-state index is 14.4. The van der Waals surface area contributed by atoms with Crippen molar-refractivity contribution in [3.05, 3.63) is 160 Å². The number of unbranched alkanes of at least 4 members (excludes halogenated alkanes) is 1. The Kier molecular flexibility index (Phi) is 29.7. The summed E-state index contributed by atoms with van der Waals surface area (Å²) >= 11 is 9.41. The van der Waals surface area contributed by atoms with Gasteiger partial charge < -0.3 is 45.4 Å². The van der Waals surface area contributed by atoms with Crippen LogP contribution in [0.1, 0.15) is 126 Å². The quantitative estimate of drug-likeness (QED) is 0.0194. The molecule has 5 aromatic carbocycles. The van der Waals surface area contributed by atoms with Crippen molar-refractivity contribution in [1.29, 1.82) is 0 Å². The molecule has 6 aromatic rings. The van der Waals surface area contributed by atoms with Crippen LogP contribution in [0, 0.1) is 17.8 Å². The largest absolute Gasteiger partial charge is 0.501 e. The molecule has 4 aliphatic heterocycles. The van der Waals surface area contributed by atoms with E-state index in [1.807, 2.05) is 116 Å². The zero-order valence-corrected chi connectivity index (χ0v) is 70.1. The standard InChI is InChI=1S/C83H108ClF3N12O11S4/c1-57(59-17-19-61(20-18-59)76-58(2)88-56-112-76)89-79(104)72-49-67(100)53-99(72)80(105)77(81(3,4)5)91-74(101)15-11-12-16-75(102)98-43-37-95(38-44-98)36-35-93(7)55-82(6)33-31-70(60-21-25-64(84)26-22-60)63(51-82)52-96-39-41-97(42-40-96)66-27-23-62(24-28-66)78(103)92-114(108,109)69-29-30-71(73(50-69)113(106,107)83(85,86)87)90-65(32-34-94-45-47-110-48-46-94)54-111-68-13-9-8-10-14-68/h8-10,13-14,17-30,50,56-57,65,67,72,77,90,100H,11-12,15-16,31-49,51-55H2,1-7H3,(H,89,104)(H,91,101)(H,92,103)/t57-,65+,67+,72-,77+,82?/m0/s1. The summed E-state index contributed by atoms with van der Waals surface area (Å²) in [6, 6.07) is 31.3. The van der Waals surface area contributed by atoms with E-state index < -0.39 is 82.3 Å². The van der Waals surface area contributed by atoms with Gasteiger partial charge in [0.2, 0.25) is 23.6 Å². The number of sulfone groups is 1. The number of carbonyl (C=O) groups excluding carboxylic acids is 5. The summed E-state index contributed by atoms with van der Waals surface area (Å²) in [6.07, 6.45) is 3.78. The van der Waals surface area contributed by atoms with E-state index in [0.717, 1.165) is 122 Å². The molecule has 5 N–H and O–H groups in total. The monoisotopic (exact) mass is 1670 g/mol. The summed E-state index contributed by atoms with van der Waals surface area (Å²) in [5.41, 5.74) is 2.39. The number of likely N-dealkylation sites (N-methyl/N-ethyl adjacent to an activating group) is 1. The highest BCUT2D eigenvalue weighted by Crippen LogP contribution is 2.45. The average molecular weight is 1670 g/mol. The van der Waals surface area contributed by atoms with E-state index in [9.17, 15) is 59.1 Å². The molecule has 0 bridgehead atoms. The molecule has 618 valence electrons. The minimum atomic E-state index is -6.11. The second-order valence-electron chi connectivity index (χ2n) is 32.2. The van der Waals surface area contributed by atoms with Crippen molar-refractivity contribution in [1.82, 2.24) is 49.7 Å². The van der Waals surface area contributed by atoms with E-state index in [1.165, 1.54) is 39.9 Å². The van der Waals surface area contributed by atoms with Crippen LogP contribution < -0.4 is 25.6 Å². The maximum atomic E-state index is 14.4. The molecule has 0 saturated carbocycles. The van der Waals surface area contributed by atoms with Gasteiger partial charge in [-0.15, -0.1) is 23.1 Å². The summed E-state index contributed by atoms with van der Waals surface area (Å²) < 4.78 is 105. The lowest BCUT2D eigenvalue weighted by Crippen LogP contribution is -2.57. The number of rotatable bonds is 32. The first kappa shape index (κ1) is 87.3. The second-order valence-corrected chi connectivity index (χ2v) is 38.2. The first-order chi connectivity index (χ1) is 54.2. The summed E-state index contributed by atoms with van der Waals surface area (Å²) in [5, 5.41) is 20.5. The van der Waals surface area contributed by atoms with Gasteiger partial charge in [-0.25, -0.2) is 26.5 Å². The number of aromatic nitrogens is 1. The lowest BCUT2D eigenvalue weighted by atomic mass is 9.71. The van der Waals surface area contributed by atoms with E-state index in [4.69, 9.17) is 16.3 Å². The van der Waals surface area contributed by atoms with Gasteiger partial charge in [0.1, 0.15) is 17.0 Å². The molecule has 23 nitrogen and oxygen atoms in total. The minimum absolute atomic E-state index is 0.0146. The first-order valence-electron chi connectivity index (χ1n) is 39.3. The Labute approximate surface area is 682 Å². The third kappa shape index (κ3) is 23.2. The lowest BCUT2D eigenvalue weighted by molar-refractivity contribution is -0.144. The number of carbonyl (C=O) groups is 5. The zero-order valence-electron chi connectivity index (χ0n) is 66.1. The lowest BCUT2D eigenvalue weighted by Gasteiger charge is -2.42. The van der Waals surface area contributed by atoms with Gasteiger partial charge in [-0.2, -0.15) is 13.2 Å². The molecule has 5 aliphatic rings. The van der Waals surface area contributed by atoms with Crippen LogP contribution in [0.5, 0.6) is 0 Å². The number of benzene rings is 5. The fourth-order valence-corrected chi connectivity index (χ4v) is 19.7. The average Bonchev–Trinajstić information content (AvgIpc) is 0.928. The molecule has 6 atom stereocenters. The molecule has 1 aromatic heterocycles. The molecular formula is C83H108ClF3N12O11S4. The number of piperazine rings is 2. The highest BCUT2D eigenvalue weighted by molar-refractivity contribution is 7.99. The van der Waals surface area contributed by atoms with Gasteiger partial charge in [0, 0.05) is 157 Å². The number of aryl methyl sites for hydroxylation is 1. The number of aliphatic hydroxyl groups excluding tert-OH is 1. The van der Waals surface area contributed by atoms with Crippen molar-refractivity contribution >= 4 is 101 Å². The Morgan fingerprint density at radius 3 is 2.11 bits per heavy atom. The number of thiazole rings is 1. The maximum Gasteiger partial charge on any atom is 0.501 e. The molecule has 4 saturated heterocycles. The second kappa shape index (κ2) is 38.7. The van der Waals surface area contributed by atoms with Gasteiger partial charge in [-0.05, 0) is 159 Å². The summed E-state index contributed by atoms with van der Waals surface area (Å²) in [7, 11) is -8.84. The van der Waals surface area contributed by atoms with Gasteiger partial charge in [-0.3, -0.25) is 38.7 Å². The number of hydrogen-bond acceptors (Lipinski definition) is 20. The number of allylic oxidation sites excluding steroid dienone is 1. The molecule has 11 rings (SSSR count). The number of nitrogens with zero attached hydrogens (tertiary/aromatic N) is 8. The SMILES string of the molecule is Cc1ncsc1-c1ccc([C@H](C)NC(=O)[C@@H]2C[C@@H](O)CN2C(=O)[C@@H](NC(=O)CCCCC(=O)N2CCN(CCN(C)CC3(C)CCC(c4ccc(Cl)cc4)=C(CN4CCN(c5ccc(C(=O)NS(=O)(=O)c6ccc(N[C@H](CCN7CCOCC7)CSc7ccccc7)c(S(=O)(=O)C(F)(F)F)c6)cc5)CC4)C3)CC2)C(C)(C)C)cc1. The van der Waals surface area contributed by atoms with Crippen LogP contribution in [-0.4, -0.2) is 246 Å². The third-order valence-corrected chi connectivity index (χ3v) is 27.6. The fourth-order valence-electron chi connectivity index (χ4n) is 15.8. The number of β-amino-alcohol motifs (C(OH)–C–C–N with tert-alkyl or cyclic N) is 1.